The average molecular weight is 480 g/mol. The van der Waals surface area contributed by atoms with Gasteiger partial charge >= 0.3 is 0 Å². The van der Waals surface area contributed by atoms with Gasteiger partial charge in [-0.2, -0.15) is 0 Å². The molecule has 4 rings (SSSR count). The molecule has 1 atom stereocenters. The molecule has 35 heavy (non-hydrogen) atoms. The first-order valence-electron chi connectivity index (χ1n) is 11.7. The van der Waals surface area contributed by atoms with E-state index in [1.807, 2.05) is 26.8 Å². The van der Waals surface area contributed by atoms with Gasteiger partial charge < -0.3 is 23.8 Å². The van der Waals surface area contributed by atoms with Crippen molar-refractivity contribution in [3.63, 3.8) is 0 Å². The van der Waals surface area contributed by atoms with Gasteiger partial charge in [0.1, 0.15) is 0 Å². The highest BCUT2D eigenvalue weighted by Gasteiger charge is 2.32. The normalized spacial score (nSPS) is 15.9. The zero-order valence-electron chi connectivity index (χ0n) is 20.4. The number of carbonyl (C=O) groups excluding carboxylic acids is 3. The van der Waals surface area contributed by atoms with Crippen molar-refractivity contribution in [2.75, 3.05) is 26.5 Å². The van der Waals surface area contributed by atoms with Gasteiger partial charge in [0, 0.05) is 36.7 Å². The van der Waals surface area contributed by atoms with Crippen LogP contribution in [0.5, 0.6) is 23.0 Å². The Bertz CT molecular complexity index is 1200. The molecular weight excluding hydrogens is 450 g/mol. The molecular formula is C27H29NO7. The highest BCUT2D eigenvalue weighted by Crippen LogP contribution is 2.42. The Hall–Kier alpha value is -3.81. The summed E-state index contributed by atoms with van der Waals surface area (Å²) in [6, 6.07) is 8.54. The number of nitrogens with zero attached hydrogens (tertiary/aromatic N) is 1. The van der Waals surface area contributed by atoms with Crippen LogP contribution in [0.3, 0.4) is 0 Å². The Labute approximate surface area is 204 Å². The average Bonchev–Trinajstić information content (AvgIpc) is 3.50. The molecule has 1 unspecified atom stereocenters. The summed E-state index contributed by atoms with van der Waals surface area (Å²) >= 11 is 0. The Morgan fingerprint density at radius 3 is 2.51 bits per heavy atom. The highest BCUT2D eigenvalue weighted by atomic mass is 16.7. The zero-order valence-corrected chi connectivity index (χ0v) is 20.4. The minimum absolute atomic E-state index is 0.0714. The van der Waals surface area contributed by atoms with E-state index in [-0.39, 0.29) is 30.9 Å². The van der Waals surface area contributed by atoms with Crippen molar-refractivity contribution in [1.29, 1.82) is 0 Å². The van der Waals surface area contributed by atoms with Gasteiger partial charge in [-0.1, -0.05) is 6.07 Å². The van der Waals surface area contributed by atoms with E-state index in [4.69, 9.17) is 18.9 Å². The van der Waals surface area contributed by atoms with Crippen molar-refractivity contribution < 1.29 is 33.3 Å². The van der Waals surface area contributed by atoms with Crippen LogP contribution in [-0.2, 0) is 16.0 Å². The fourth-order valence-corrected chi connectivity index (χ4v) is 4.20. The number of fused-ring (bicyclic) bond motifs is 2. The van der Waals surface area contributed by atoms with E-state index < -0.39 is 6.10 Å². The summed E-state index contributed by atoms with van der Waals surface area (Å²) in [5, 5.41) is 0. The number of likely N-dealkylation sites (N-methyl/N-ethyl adjacent to an activating group) is 1. The van der Waals surface area contributed by atoms with E-state index in [1.165, 1.54) is 6.92 Å². The molecule has 8 heteroatoms. The predicted molar refractivity (Wildman–Crippen MR) is 129 cm³/mol. The SMILES string of the molecule is CCN(CC)C(=O)/C=C(\C)c1ccc(OCC(=O)c2ccc3c(c2)OCO3)c2c1CC(C(C)=O)O2. The van der Waals surface area contributed by atoms with E-state index in [9.17, 15) is 14.4 Å². The molecule has 2 aliphatic rings. The van der Waals surface area contributed by atoms with Crippen LogP contribution in [-0.4, -0.2) is 55.0 Å². The quantitative estimate of drug-likeness (QED) is 0.399. The van der Waals surface area contributed by atoms with E-state index in [0.29, 0.717) is 48.1 Å². The number of carbonyl (C=O) groups is 3. The number of rotatable bonds is 9. The van der Waals surface area contributed by atoms with Gasteiger partial charge in [-0.05, 0) is 63.1 Å². The van der Waals surface area contributed by atoms with Crippen molar-refractivity contribution in [3.05, 3.63) is 53.1 Å². The molecule has 0 N–H and O–H groups in total. The maximum atomic E-state index is 12.7. The fraction of sp³-hybridized carbons (Fsp3) is 0.370. The van der Waals surface area contributed by atoms with Crippen LogP contribution >= 0.6 is 0 Å². The largest absolute Gasteiger partial charge is 0.482 e. The molecule has 0 fully saturated rings. The van der Waals surface area contributed by atoms with Gasteiger partial charge in [0.25, 0.3) is 0 Å². The van der Waals surface area contributed by atoms with E-state index in [2.05, 4.69) is 0 Å². The molecule has 2 aromatic rings. The summed E-state index contributed by atoms with van der Waals surface area (Å²) in [6.07, 6.45) is 1.34. The van der Waals surface area contributed by atoms with Crippen LogP contribution in [0.25, 0.3) is 5.57 Å². The number of benzene rings is 2. The molecule has 0 aromatic heterocycles. The third-order valence-corrected chi connectivity index (χ3v) is 6.22. The summed E-state index contributed by atoms with van der Waals surface area (Å²) in [6.45, 7) is 8.37. The Morgan fingerprint density at radius 2 is 1.80 bits per heavy atom. The predicted octanol–water partition coefficient (Wildman–Crippen LogP) is 3.84. The summed E-state index contributed by atoms with van der Waals surface area (Å²) in [7, 11) is 0. The molecule has 0 saturated carbocycles. The maximum absolute atomic E-state index is 12.7. The van der Waals surface area contributed by atoms with Crippen LogP contribution in [0, 0.1) is 0 Å². The second kappa shape index (κ2) is 10.2. The minimum atomic E-state index is -0.635. The number of hydrogen-bond donors (Lipinski definition) is 0. The van der Waals surface area contributed by atoms with Crippen LogP contribution in [0.1, 0.15) is 49.2 Å². The maximum Gasteiger partial charge on any atom is 0.246 e. The Kier molecular flexibility index (Phi) is 7.10. The van der Waals surface area contributed by atoms with Gasteiger partial charge in [-0.3, -0.25) is 14.4 Å². The Balaban J connectivity index is 1.57. The van der Waals surface area contributed by atoms with Crippen LogP contribution in [0.4, 0.5) is 0 Å². The van der Waals surface area contributed by atoms with E-state index >= 15 is 0 Å². The van der Waals surface area contributed by atoms with E-state index in [0.717, 1.165) is 16.7 Å². The lowest BCUT2D eigenvalue weighted by molar-refractivity contribution is -0.125. The molecule has 0 bridgehead atoms. The number of Topliss-reactive ketones (excluding diaryl/α,β-unsaturated/α-hetero) is 2. The van der Waals surface area contributed by atoms with Gasteiger partial charge in [0.2, 0.25) is 12.7 Å². The smallest absolute Gasteiger partial charge is 0.246 e. The summed E-state index contributed by atoms with van der Waals surface area (Å²) in [5.41, 5.74) is 2.82. The topological polar surface area (TPSA) is 91.4 Å². The molecule has 0 spiro atoms. The zero-order chi connectivity index (χ0) is 25.1. The van der Waals surface area contributed by atoms with Crippen molar-refractivity contribution in [2.24, 2.45) is 0 Å². The first-order chi connectivity index (χ1) is 16.8. The molecule has 0 radical (unpaired) electrons. The standard InChI is InChI=1S/C27H29NO7/c1-5-28(6-2)26(31)11-16(3)19-8-10-23(27-20(19)13-24(35-27)17(4)29)32-14-21(30)18-7-9-22-25(12-18)34-15-33-22/h7-12,24H,5-6,13-15H2,1-4H3/b16-11+. The second-order valence-electron chi connectivity index (χ2n) is 8.46. The molecule has 2 aliphatic heterocycles. The number of ether oxygens (including phenoxy) is 4. The molecule has 184 valence electrons. The lowest BCUT2D eigenvalue weighted by Gasteiger charge is -2.17. The van der Waals surface area contributed by atoms with Crippen molar-refractivity contribution in [2.45, 2.75) is 40.2 Å². The third kappa shape index (κ3) is 5.01. The molecule has 8 nitrogen and oxygen atoms in total. The highest BCUT2D eigenvalue weighted by molar-refractivity contribution is 5.98. The van der Waals surface area contributed by atoms with Gasteiger partial charge in [0.05, 0.1) is 0 Å². The lowest BCUT2D eigenvalue weighted by Crippen LogP contribution is -2.28. The van der Waals surface area contributed by atoms with Gasteiger partial charge in [-0.15, -0.1) is 0 Å². The van der Waals surface area contributed by atoms with Gasteiger partial charge in [0.15, 0.2) is 47.3 Å². The number of amides is 1. The van der Waals surface area contributed by atoms with E-state index in [1.54, 1.807) is 35.2 Å². The van der Waals surface area contributed by atoms with Gasteiger partial charge in [-0.25, -0.2) is 0 Å². The van der Waals surface area contributed by atoms with Crippen LogP contribution in [0.2, 0.25) is 0 Å². The number of allylic oxidation sites excluding steroid dienone is 1. The summed E-state index contributed by atoms with van der Waals surface area (Å²) < 4.78 is 22.4. The van der Waals surface area contributed by atoms with Crippen molar-refractivity contribution >= 4 is 23.0 Å². The molecule has 0 saturated heterocycles. The first kappa shape index (κ1) is 24.3. The number of hydrogen-bond acceptors (Lipinski definition) is 7. The second-order valence-corrected chi connectivity index (χ2v) is 8.46. The molecule has 2 heterocycles. The summed E-state index contributed by atoms with van der Waals surface area (Å²) in [5.74, 6) is 1.53. The molecule has 1 amide bonds. The van der Waals surface area contributed by atoms with Crippen LogP contribution in [0.15, 0.2) is 36.4 Å². The monoisotopic (exact) mass is 479 g/mol. The summed E-state index contributed by atoms with van der Waals surface area (Å²) in [4.78, 5) is 39.1. The Morgan fingerprint density at radius 1 is 1.06 bits per heavy atom. The molecule has 0 aliphatic carbocycles. The fourth-order valence-electron chi connectivity index (χ4n) is 4.20. The third-order valence-electron chi connectivity index (χ3n) is 6.22. The van der Waals surface area contributed by atoms with Crippen molar-refractivity contribution in [1.82, 2.24) is 4.90 Å². The van der Waals surface area contributed by atoms with Crippen LogP contribution < -0.4 is 18.9 Å². The number of ketones is 2. The lowest BCUT2D eigenvalue weighted by atomic mass is 9.96. The minimum Gasteiger partial charge on any atom is -0.482 e. The molecule has 2 aromatic carbocycles. The van der Waals surface area contributed by atoms with Crippen molar-refractivity contribution in [3.8, 4) is 23.0 Å². The first-order valence-corrected chi connectivity index (χ1v) is 11.7.